The SMILES string of the molecule is CC[C@H](C)N(Cc1ccccn1)C(=O)Nc1cc(-n2cnnc2)ccc1C. The number of benzene rings is 1. The molecule has 0 saturated heterocycles. The van der Waals surface area contributed by atoms with E-state index in [9.17, 15) is 4.79 Å². The molecule has 0 unspecified atom stereocenters. The van der Waals surface area contributed by atoms with Crippen molar-refractivity contribution in [3.8, 4) is 5.69 Å². The Labute approximate surface area is 159 Å². The summed E-state index contributed by atoms with van der Waals surface area (Å²) < 4.78 is 1.80. The van der Waals surface area contributed by atoms with Gasteiger partial charge in [-0.3, -0.25) is 9.55 Å². The van der Waals surface area contributed by atoms with E-state index in [4.69, 9.17) is 0 Å². The van der Waals surface area contributed by atoms with Crippen LogP contribution in [0.3, 0.4) is 0 Å². The number of amides is 2. The second kappa shape index (κ2) is 8.44. The Morgan fingerprint density at radius 2 is 2.00 bits per heavy atom. The summed E-state index contributed by atoms with van der Waals surface area (Å²) in [5.41, 5.74) is 3.51. The maximum atomic E-state index is 13.0. The van der Waals surface area contributed by atoms with E-state index in [1.54, 1.807) is 23.4 Å². The second-order valence-electron chi connectivity index (χ2n) is 6.50. The van der Waals surface area contributed by atoms with Gasteiger partial charge in [-0.05, 0) is 50.1 Å². The van der Waals surface area contributed by atoms with Crippen LogP contribution in [0.5, 0.6) is 0 Å². The first-order chi connectivity index (χ1) is 13.1. The van der Waals surface area contributed by atoms with Crippen LogP contribution >= 0.6 is 0 Å². The Kier molecular flexibility index (Phi) is 5.80. The van der Waals surface area contributed by atoms with Gasteiger partial charge in [-0.2, -0.15) is 0 Å². The maximum Gasteiger partial charge on any atom is 0.322 e. The molecule has 2 aromatic heterocycles. The molecular formula is C20H24N6O. The largest absolute Gasteiger partial charge is 0.322 e. The number of anilines is 1. The van der Waals surface area contributed by atoms with E-state index in [1.165, 1.54) is 0 Å². The first-order valence-electron chi connectivity index (χ1n) is 9.01. The third-order valence-electron chi connectivity index (χ3n) is 4.62. The van der Waals surface area contributed by atoms with Crippen LogP contribution in [0.25, 0.3) is 5.69 Å². The van der Waals surface area contributed by atoms with Gasteiger partial charge in [0, 0.05) is 17.9 Å². The fourth-order valence-electron chi connectivity index (χ4n) is 2.74. The number of aryl methyl sites for hydroxylation is 1. The zero-order valence-corrected chi connectivity index (χ0v) is 15.8. The zero-order valence-electron chi connectivity index (χ0n) is 15.8. The summed E-state index contributed by atoms with van der Waals surface area (Å²) >= 11 is 0. The third-order valence-corrected chi connectivity index (χ3v) is 4.62. The van der Waals surface area contributed by atoms with Crippen LogP contribution in [0.2, 0.25) is 0 Å². The van der Waals surface area contributed by atoms with Gasteiger partial charge < -0.3 is 10.2 Å². The Morgan fingerprint density at radius 3 is 2.67 bits per heavy atom. The summed E-state index contributed by atoms with van der Waals surface area (Å²) in [6, 6.07) is 11.5. The lowest BCUT2D eigenvalue weighted by atomic mass is 10.1. The van der Waals surface area contributed by atoms with Crippen LogP contribution in [0.4, 0.5) is 10.5 Å². The Hall–Kier alpha value is -3.22. The number of nitrogens with one attached hydrogen (secondary N) is 1. The van der Waals surface area contributed by atoms with Crippen molar-refractivity contribution in [2.24, 2.45) is 0 Å². The van der Waals surface area contributed by atoms with E-state index in [1.807, 2.05) is 55.1 Å². The molecule has 0 fully saturated rings. The number of aromatic nitrogens is 4. The van der Waals surface area contributed by atoms with E-state index in [0.29, 0.717) is 6.54 Å². The van der Waals surface area contributed by atoms with Crippen LogP contribution in [0.1, 0.15) is 31.5 Å². The lowest BCUT2D eigenvalue weighted by Gasteiger charge is -2.29. The van der Waals surface area contributed by atoms with Gasteiger partial charge >= 0.3 is 6.03 Å². The number of rotatable bonds is 6. The van der Waals surface area contributed by atoms with Crippen LogP contribution in [-0.4, -0.2) is 36.7 Å². The molecule has 0 aliphatic rings. The molecule has 1 N–H and O–H groups in total. The van der Waals surface area contributed by atoms with Crippen molar-refractivity contribution in [2.45, 2.75) is 39.8 Å². The molecule has 2 amide bonds. The Morgan fingerprint density at radius 1 is 1.22 bits per heavy atom. The molecule has 3 rings (SSSR count). The van der Waals surface area contributed by atoms with Gasteiger partial charge in [-0.25, -0.2) is 4.79 Å². The zero-order chi connectivity index (χ0) is 19.2. The molecule has 27 heavy (non-hydrogen) atoms. The van der Waals surface area contributed by atoms with E-state index in [2.05, 4.69) is 27.4 Å². The number of carbonyl (C=O) groups excluding carboxylic acids is 1. The lowest BCUT2D eigenvalue weighted by molar-refractivity contribution is 0.186. The smallest absolute Gasteiger partial charge is 0.316 e. The summed E-state index contributed by atoms with van der Waals surface area (Å²) in [5.74, 6) is 0. The van der Waals surface area contributed by atoms with Gasteiger partial charge in [-0.1, -0.05) is 19.1 Å². The lowest BCUT2D eigenvalue weighted by Crippen LogP contribution is -2.41. The van der Waals surface area contributed by atoms with Gasteiger partial charge in [0.25, 0.3) is 0 Å². The minimum absolute atomic E-state index is 0.0911. The number of hydrogen-bond acceptors (Lipinski definition) is 4. The predicted octanol–water partition coefficient (Wildman–Crippen LogP) is 3.80. The molecule has 0 radical (unpaired) electrons. The predicted molar refractivity (Wildman–Crippen MR) is 105 cm³/mol. The minimum Gasteiger partial charge on any atom is -0.316 e. The highest BCUT2D eigenvalue weighted by atomic mass is 16.2. The highest BCUT2D eigenvalue weighted by Crippen LogP contribution is 2.21. The maximum absolute atomic E-state index is 13.0. The summed E-state index contributed by atoms with van der Waals surface area (Å²) in [7, 11) is 0. The molecular weight excluding hydrogens is 340 g/mol. The van der Waals surface area contributed by atoms with Gasteiger partial charge in [0.1, 0.15) is 12.7 Å². The van der Waals surface area contributed by atoms with Crippen LogP contribution in [0, 0.1) is 6.92 Å². The summed E-state index contributed by atoms with van der Waals surface area (Å²) in [5, 5.41) is 10.7. The second-order valence-corrected chi connectivity index (χ2v) is 6.50. The minimum atomic E-state index is -0.140. The van der Waals surface area contributed by atoms with E-state index < -0.39 is 0 Å². The molecule has 2 heterocycles. The molecule has 1 aromatic carbocycles. The standard InChI is InChI=1S/C20H24N6O/c1-4-16(3)26(12-17-7-5-6-10-21-17)20(27)24-19-11-18(9-8-15(19)2)25-13-22-23-14-25/h5-11,13-14,16H,4,12H2,1-3H3,(H,24,27)/t16-/m0/s1. The molecule has 140 valence electrons. The Bertz CT molecular complexity index is 879. The van der Waals surface area contributed by atoms with Crippen LogP contribution < -0.4 is 5.32 Å². The van der Waals surface area contributed by atoms with Gasteiger partial charge in [-0.15, -0.1) is 10.2 Å². The van der Waals surface area contributed by atoms with Gasteiger partial charge in [0.15, 0.2) is 0 Å². The van der Waals surface area contributed by atoms with Crippen molar-refractivity contribution in [3.05, 3.63) is 66.5 Å². The fraction of sp³-hybridized carbons (Fsp3) is 0.300. The normalized spacial score (nSPS) is 11.8. The molecule has 0 aliphatic carbocycles. The number of nitrogens with zero attached hydrogens (tertiary/aromatic N) is 5. The topological polar surface area (TPSA) is 75.9 Å². The van der Waals surface area contributed by atoms with E-state index >= 15 is 0 Å². The van der Waals surface area contributed by atoms with Crippen molar-refractivity contribution in [3.63, 3.8) is 0 Å². The molecule has 0 bridgehead atoms. The van der Waals surface area contributed by atoms with Crippen LogP contribution in [0.15, 0.2) is 55.2 Å². The first kappa shape index (κ1) is 18.6. The molecule has 1 atom stereocenters. The van der Waals surface area contributed by atoms with Crippen molar-refractivity contribution in [1.29, 1.82) is 0 Å². The summed E-state index contributed by atoms with van der Waals surface area (Å²) in [4.78, 5) is 19.2. The van der Waals surface area contributed by atoms with E-state index in [0.717, 1.165) is 29.1 Å². The molecule has 7 nitrogen and oxygen atoms in total. The molecule has 0 spiro atoms. The van der Waals surface area contributed by atoms with Gasteiger partial charge in [0.2, 0.25) is 0 Å². The molecule has 0 aliphatic heterocycles. The molecule has 7 heteroatoms. The molecule has 3 aromatic rings. The Balaban J connectivity index is 1.82. The number of carbonyl (C=O) groups is 1. The summed E-state index contributed by atoms with van der Waals surface area (Å²) in [6.07, 6.45) is 5.86. The van der Waals surface area contributed by atoms with Crippen LogP contribution in [-0.2, 0) is 6.54 Å². The van der Waals surface area contributed by atoms with Crippen molar-refractivity contribution in [1.82, 2.24) is 24.6 Å². The van der Waals surface area contributed by atoms with Gasteiger partial charge in [0.05, 0.1) is 17.9 Å². The average Bonchev–Trinajstić information content (AvgIpc) is 3.22. The number of pyridine rings is 1. The highest BCUT2D eigenvalue weighted by molar-refractivity contribution is 5.90. The van der Waals surface area contributed by atoms with E-state index in [-0.39, 0.29) is 12.1 Å². The van der Waals surface area contributed by atoms with Crippen molar-refractivity contribution < 1.29 is 4.79 Å². The average molecular weight is 364 g/mol. The molecule has 0 saturated carbocycles. The highest BCUT2D eigenvalue weighted by Gasteiger charge is 2.20. The fourth-order valence-corrected chi connectivity index (χ4v) is 2.74. The third kappa shape index (κ3) is 4.49. The van der Waals surface area contributed by atoms with Crippen molar-refractivity contribution >= 4 is 11.7 Å². The first-order valence-corrected chi connectivity index (χ1v) is 9.01. The number of urea groups is 1. The quantitative estimate of drug-likeness (QED) is 0.722. The monoisotopic (exact) mass is 364 g/mol. The summed E-state index contributed by atoms with van der Waals surface area (Å²) in [6.45, 7) is 6.55. The number of hydrogen-bond donors (Lipinski definition) is 1. The van der Waals surface area contributed by atoms with Crippen molar-refractivity contribution in [2.75, 3.05) is 5.32 Å².